The van der Waals surface area contributed by atoms with Gasteiger partial charge in [0.05, 0.1) is 21.2 Å². The number of benzene rings is 2. The van der Waals surface area contributed by atoms with E-state index in [0.29, 0.717) is 11.3 Å². The first-order valence-electron chi connectivity index (χ1n) is 8.64. The third-order valence-corrected chi connectivity index (χ3v) is 6.17. The van der Waals surface area contributed by atoms with Gasteiger partial charge in [-0.15, -0.1) is 0 Å². The summed E-state index contributed by atoms with van der Waals surface area (Å²) in [6.07, 6.45) is 5.43. The first-order valence-corrected chi connectivity index (χ1v) is 10.5. The zero-order chi connectivity index (χ0) is 18.6. The second-order valence-corrected chi connectivity index (χ2v) is 8.51. The molecular weight excluding hydrogens is 372 g/mol. The zero-order valence-corrected chi connectivity index (χ0v) is 15.8. The van der Waals surface area contributed by atoms with Crippen molar-refractivity contribution in [3.8, 4) is 0 Å². The van der Waals surface area contributed by atoms with Crippen LogP contribution in [0.25, 0.3) is 0 Å². The molecule has 3 rings (SSSR count). The summed E-state index contributed by atoms with van der Waals surface area (Å²) in [6.45, 7) is 0. The number of carbonyl (C=O) groups is 1. The predicted molar refractivity (Wildman–Crippen MR) is 103 cm³/mol. The van der Waals surface area contributed by atoms with E-state index in [1.165, 1.54) is 24.6 Å². The number of rotatable bonds is 5. The monoisotopic (exact) mass is 392 g/mol. The van der Waals surface area contributed by atoms with Gasteiger partial charge in [0.15, 0.2) is 0 Å². The lowest BCUT2D eigenvalue weighted by molar-refractivity contribution is 0.0928. The Morgan fingerprint density at radius 3 is 2.35 bits per heavy atom. The lowest BCUT2D eigenvalue weighted by Gasteiger charge is -2.23. The second kappa shape index (κ2) is 8.10. The van der Waals surface area contributed by atoms with Crippen LogP contribution in [0.2, 0.25) is 5.02 Å². The van der Waals surface area contributed by atoms with Crippen molar-refractivity contribution in [3.05, 3.63) is 59.1 Å². The number of hydrogen-bond acceptors (Lipinski definition) is 3. The zero-order valence-electron chi connectivity index (χ0n) is 14.2. The number of halogens is 1. The highest BCUT2D eigenvalue weighted by Gasteiger charge is 2.19. The molecule has 5 nitrogen and oxygen atoms in total. The van der Waals surface area contributed by atoms with E-state index in [9.17, 15) is 13.2 Å². The van der Waals surface area contributed by atoms with Crippen LogP contribution >= 0.6 is 11.6 Å². The molecule has 0 atom stereocenters. The fourth-order valence-corrected chi connectivity index (χ4v) is 4.42. The summed E-state index contributed by atoms with van der Waals surface area (Å²) >= 11 is 6.22. The summed E-state index contributed by atoms with van der Waals surface area (Å²) in [7, 11) is -3.70. The summed E-state index contributed by atoms with van der Waals surface area (Å²) in [5.74, 6) is -0.223. The first-order chi connectivity index (χ1) is 12.5. The average molecular weight is 393 g/mol. The predicted octanol–water partition coefficient (Wildman–Crippen LogP) is 4.20. The fraction of sp³-hybridized carbons (Fsp3) is 0.316. The van der Waals surface area contributed by atoms with Crippen molar-refractivity contribution in [2.24, 2.45) is 0 Å². The number of sulfonamides is 1. The van der Waals surface area contributed by atoms with Crippen LogP contribution in [-0.4, -0.2) is 20.4 Å². The van der Waals surface area contributed by atoms with E-state index in [-0.39, 0.29) is 21.9 Å². The Morgan fingerprint density at radius 1 is 1.00 bits per heavy atom. The Bertz CT molecular complexity index is 879. The smallest absolute Gasteiger partial charge is 0.261 e. The maximum Gasteiger partial charge on any atom is 0.261 e. The van der Waals surface area contributed by atoms with Crippen LogP contribution in [0, 0.1) is 0 Å². The maximum absolute atomic E-state index is 12.4. The van der Waals surface area contributed by atoms with Gasteiger partial charge in [0.2, 0.25) is 0 Å². The molecule has 1 aliphatic rings. The molecule has 2 N–H and O–H groups in total. The van der Waals surface area contributed by atoms with Crippen LogP contribution in [0.15, 0.2) is 53.4 Å². The fourth-order valence-electron chi connectivity index (χ4n) is 3.09. The summed E-state index contributed by atoms with van der Waals surface area (Å²) in [5, 5.41) is 3.22. The van der Waals surface area contributed by atoms with Gasteiger partial charge < -0.3 is 5.32 Å². The van der Waals surface area contributed by atoms with Gasteiger partial charge in [0.1, 0.15) is 0 Å². The molecule has 0 heterocycles. The van der Waals surface area contributed by atoms with E-state index < -0.39 is 10.0 Å². The van der Waals surface area contributed by atoms with Crippen molar-refractivity contribution in [2.75, 3.05) is 4.72 Å². The number of anilines is 1. The third-order valence-electron chi connectivity index (χ3n) is 4.46. The Morgan fingerprint density at radius 2 is 1.69 bits per heavy atom. The van der Waals surface area contributed by atoms with Gasteiger partial charge >= 0.3 is 0 Å². The van der Waals surface area contributed by atoms with Crippen molar-refractivity contribution in [2.45, 2.75) is 43.0 Å². The molecule has 1 fully saturated rings. The van der Waals surface area contributed by atoms with Gasteiger partial charge in [-0.05, 0) is 43.2 Å². The number of amides is 1. The van der Waals surface area contributed by atoms with E-state index >= 15 is 0 Å². The lowest BCUT2D eigenvalue weighted by Crippen LogP contribution is -2.36. The second-order valence-electron chi connectivity index (χ2n) is 6.42. The molecule has 0 bridgehead atoms. The van der Waals surface area contributed by atoms with E-state index in [1.54, 1.807) is 30.3 Å². The maximum atomic E-state index is 12.4. The summed E-state index contributed by atoms with van der Waals surface area (Å²) in [4.78, 5) is 12.6. The van der Waals surface area contributed by atoms with Gasteiger partial charge in [-0.25, -0.2) is 8.42 Å². The van der Waals surface area contributed by atoms with Crippen molar-refractivity contribution < 1.29 is 13.2 Å². The molecular formula is C19H21ClN2O3S. The molecule has 1 amide bonds. The Hall–Kier alpha value is -2.05. The molecule has 1 aliphatic carbocycles. The summed E-state index contributed by atoms with van der Waals surface area (Å²) in [5.41, 5.74) is 0.660. The molecule has 0 radical (unpaired) electrons. The van der Waals surface area contributed by atoms with E-state index in [4.69, 9.17) is 11.6 Å². The highest BCUT2D eigenvalue weighted by atomic mass is 35.5. The molecule has 2 aromatic rings. The van der Waals surface area contributed by atoms with E-state index in [0.717, 1.165) is 25.7 Å². The summed E-state index contributed by atoms with van der Waals surface area (Å²) in [6, 6.07) is 12.8. The molecule has 0 saturated heterocycles. The van der Waals surface area contributed by atoms with Crippen LogP contribution in [0.3, 0.4) is 0 Å². The van der Waals surface area contributed by atoms with Crippen LogP contribution in [0.4, 0.5) is 5.69 Å². The van der Waals surface area contributed by atoms with Gasteiger partial charge in [0, 0.05) is 6.04 Å². The Balaban J connectivity index is 1.72. The number of carbonyl (C=O) groups excluding carboxylic acids is 1. The van der Waals surface area contributed by atoms with Gasteiger partial charge in [-0.3, -0.25) is 9.52 Å². The number of nitrogens with one attached hydrogen (secondary N) is 2. The van der Waals surface area contributed by atoms with Gasteiger partial charge in [-0.1, -0.05) is 49.1 Å². The minimum Gasteiger partial charge on any atom is -0.349 e. The van der Waals surface area contributed by atoms with Crippen molar-refractivity contribution in [1.82, 2.24) is 5.32 Å². The van der Waals surface area contributed by atoms with Crippen LogP contribution in [0.1, 0.15) is 42.5 Å². The SMILES string of the molecule is O=C(NC1CCCCC1)c1ccc(NS(=O)(=O)c2ccccc2)cc1Cl. The minimum absolute atomic E-state index is 0.162. The van der Waals surface area contributed by atoms with Crippen molar-refractivity contribution >= 4 is 33.2 Å². The van der Waals surface area contributed by atoms with E-state index in [1.807, 2.05) is 0 Å². The molecule has 0 aliphatic heterocycles. The molecule has 138 valence electrons. The summed E-state index contributed by atoms with van der Waals surface area (Å²) < 4.78 is 27.2. The largest absolute Gasteiger partial charge is 0.349 e. The minimum atomic E-state index is -3.70. The molecule has 1 saturated carbocycles. The molecule has 26 heavy (non-hydrogen) atoms. The Labute approximate surface area is 158 Å². The van der Waals surface area contributed by atoms with Gasteiger partial charge in [0.25, 0.3) is 15.9 Å². The molecule has 0 unspecified atom stereocenters. The van der Waals surface area contributed by atoms with Crippen LogP contribution in [0.5, 0.6) is 0 Å². The van der Waals surface area contributed by atoms with Crippen LogP contribution in [-0.2, 0) is 10.0 Å². The molecule has 2 aromatic carbocycles. The average Bonchev–Trinajstić information content (AvgIpc) is 2.63. The molecule has 0 spiro atoms. The van der Waals surface area contributed by atoms with Crippen molar-refractivity contribution in [3.63, 3.8) is 0 Å². The standard InChI is InChI=1S/C19H21ClN2O3S/c20-18-13-15(22-26(24,25)16-9-5-2-6-10-16)11-12-17(18)19(23)21-14-7-3-1-4-8-14/h2,5-6,9-14,22H,1,3-4,7-8H2,(H,21,23). The van der Waals surface area contributed by atoms with Crippen molar-refractivity contribution in [1.29, 1.82) is 0 Å². The quantitative estimate of drug-likeness (QED) is 0.800. The highest BCUT2D eigenvalue weighted by molar-refractivity contribution is 7.92. The molecule has 0 aromatic heterocycles. The van der Waals surface area contributed by atoms with Gasteiger partial charge in [-0.2, -0.15) is 0 Å². The normalized spacial score (nSPS) is 15.4. The van der Waals surface area contributed by atoms with Crippen LogP contribution < -0.4 is 10.0 Å². The Kier molecular flexibility index (Phi) is 5.84. The molecule has 7 heteroatoms. The lowest BCUT2D eigenvalue weighted by atomic mass is 9.95. The third kappa shape index (κ3) is 4.56. The highest BCUT2D eigenvalue weighted by Crippen LogP contribution is 2.24. The number of hydrogen-bond donors (Lipinski definition) is 2. The first kappa shape index (κ1) is 18.7. The van der Waals surface area contributed by atoms with E-state index in [2.05, 4.69) is 10.0 Å². The topological polar surface area (TPSA) is 75.3 Å².